The van der Waals surface area contributed by atoms with Gasteiger partial charge in [0.05, 0.1) is 7.11 Å². The number of nitrogens with zero attached hydrogens (tertiary/aromatic N) is 1. The van der Waals surface area contributed by atoms with E-state index in [4.69, 9.17) is 9.84 Å². The van der Waals surface area contributed by atoms with Crippen molar-refractivity contribution >= 4 is 6.09 Å². The zero-order chi connectivity index (χ0) is 12.7. The number of aromatic amines is 1. The lowest BCUT2D eigenvalue weighted by Crippen LogP contribution is -2.18. The molecule has 5 nitrogen and oxygen atoms in total. The fraction of sp³-hybridized carbons (Fsp3) is 0.455. The first kappa shape index (κ1) is 14.2. The van der Waals surface area contributed by atoms with Crippen LogP contribution in [0, 0.1) is 13.8 Å². The maximum Gasteiger partial charge on any atom is 0.406 e. The summed E-state index contributed by atoms with van der Waals surface area (Å²) >= 11 is 0. The number of pyridine rings is 1. The number of nitrogens with one attached hydrogen (secondary N) is 1. The predicted octanol–water partition coefficient (Wildman–Crippen LogP) is 1.35. The van der Waals surface area contributed by atoms with Gasteiger partial charge in [-0.15, -0.1) is 0 Å². The molecule has 0 saturated heterocycles. The molecule has 5 heteroatoms. The quantitative estimate of drug-likeness (QED) is 0.787. The lowest BCUT2D eigenvalue weighted by Gasteiger charge is -1.99. The Hall–Kier alpha value is -1.78. The van der Waals surface area contributed by atoms with E-state index in [2.05, 4.69) is 4.98 Å². The molecule has 1 aromatic heterocycles. The minimum atomic E-state index is -0.907. The van der Waals surface area contributed by atoms with E-state index in [1.54, 1.807) is 7.11 Å². The summed E-state index contributed by atoms with van der Waals surface area (Å²) in [5.74, 6) is 0.911. The lowest BCUT2D eigenvalue weighted by molar-refractivity contribution is -0.397. The summed E-state index contributed by atoms with van der Waals surface area (Å²) < 4.78 is 5.06. The zero-order valence-corrected chi connectivity index (χ0v) is 10.4. The van der Waals surface area contributed by atoms with E-state index in [9.17, 15) is 4.79 Å². The lowest BCUT2D eigenvalue weighted by atomic mass is 10.3. The molecule has 16 heavy (non-hydrogen) atoms. The first-order chi connectivity index (χ1) is 7.36. The van der Waals surface area contributed by atoms with Crippen LogP contribution in [0.2, 0.25) is 0 Å². The predicted molar refractivity (Wildman–Crippen MR) is 60.7 cm³/mol. The Labute approximate surface area is 95.7 Å². The molecule has 0 aliphatic carbocycles. The van der Waals surface area contributed by atoms with Crippen molar-refractivity contribution < 1.29 is 19.6 Å². The van der Waals surface area contributed by atoms with Crippen molar-refractivity contribution in [2.24, 2.45) is 0 Å². The van der Waals surface area contributed by atoms with E-state index < -0.39 is 6.09 Å². The smallest absolute Gasteiger partial charge is 0.406 e. The third-order valence-corrected chi connectivity index (χ3v) is 1.73. The normalized spacial score (nSPS) is 8.81. The number of aryl methyl sites for hydroxylation is 2. The van der Waals surface area contributed by atoms with Gasteiger partial charge in [-0.1, -0.05) is 0 Å². The minimum absolute atomic E-state index is 0.907. The van der Waals surface area contributed by atoms with Gasteiger partial charge >= 0.3 is 6.09 Å². The van der Waals surface area contributed by atoms with Crippen molar-refractivity contribution in [3.63, 3.8) is 0 Å². The van der Waals surface area contributed by atoms with Crippen molar-refractivity contribution in [3.05, 3.63) is 23.5 Å². The molecule has 2 N–H and O–H groups in total. The fourth-order valence-electron chi connectivity index (χ4n) is 0.969. The molecule has 1 aromatic rings. The molecule has 1 amide bonds. The molecule has 0 aromatic carbocycles. The van der Waals surface area contributed by atoms with Gasteiger partial charge in [-0.25, -0.2) is 9.78 Å². The standard InChI is InChI=1S/C8H11NO.C3H7NO2/c1-6-4-8(10-3)5-7(2)9-6;1-4(2)3(5)6/h4-5H,1-3H3;1-2H3,(H,5,6)/p+1. The van der Waals surface area contributed by atoms with Crippen molar-refractivity contribution in [1.82, 2.24) is 4.90 Å². The number of rotatable bonds is 1. The Balaban J connectivity index is 0.000000325. The number of hydrogen-bond acceptors (Lipinski definition) is 2. The van der Waals surface area contributed by atoms with E-state index >= 15 is 0 Å². The Morgan fingerprint density at radius 2 is 1.69 bits per heavy atom. The number of hydrogen-bond donors (Lipinski definition) is 1. The molecule has 0 unspecified atom stereocenters. The molecule has 0 saturated carbocycles. The van der Waals surface area contributed by atoms with Crippen molar-refractivity contribution in [2.75, 3.05) is 21.2 Å². The fourth-order valence-corrected chi connectivity index (χ4v) is 0.969. The molecule has 1 heterocycles. The van der Waals surface area contributed by atoms with Crippen molar-refractivity contribution in [2.45, 2.75) is 13.8 Å². The molecule has 0 bridgehead atoms. The Bertz CT molecular complexity index is 331. The van der Waals surface area contributed by atoms with Crippen LogP contribution >= 0.6 is 0 Å². The topological polar surface area (TPSA) is 63.9 Å². The first-order valence-electron chi connectivity index (χ1n) is 4.81. The van der Waals surface area contributed by atoms with Crippen LogP contribution in [0.3, 0.4) is 0 Å². The van der Waals surface area contributed by atoms with E-state index in [0.29, 0.717) is 0 Å². The second kappa shape index (κ2) is 6.66. The van der Waals surface area contributed by atoms with Crippen molar-refractivity contribution in [1.29, 1.82) is 0 Å². The molecule has 90 valence electrons. The van der Waals surface area contributed by atoms with Gasteiger partial charge in [-0.2, -0.15) is 0 Å². The highest BCUT2D eigenvalue weighted by Gasteiger charge is 2.00. The van der Waals surface area contributed by atoms with E-state index in [-0.39, 0.29) is 0 Å². The number of carbonyl (C=O) groups is 1. The van der Waals surface area contributed by atoms with Gasteiger partial charge in [0, 0.05) is 40.1 Å². The highest BCUT2D eigenvalue weighted by atomic mass is 16.5. The summed E-state index contributed by atoms with van der Waals surface area (Å²) in [7, 11) is 4.62. The summed E-state index contributed by atoms with van der Waals surface area (Å²) in [6.07, 6.45) is -0.907. The highest BCUT2D eigenvalue weighted by Crippen LogP contribution is 2.08. The van der Waals surface area contributed by atoms with E-state index in [1.807, 2.05) is 26.0 Å². The van der Waals surface area contributed by atoms with Gasteiger partial charge < -0.3 is 14.7 Å². The Morgan fingerprint density at radius 1 is 1.31 bits per heavy atom. The van der Waals surface area contributed by atoms with Crippen LogP contribution in [-0.4, -0.2) is 37.3 Å². The summed E-state index contributed by atoms with van der Waals surface area (Å²) in [6, 6.07) is 3.93. The number of ether oxygens (including phenoxy) is 1. The van der Waals surface area contributed by atoms with Crippen LogP contribution < -0.4 is 9.72 Å². The number of carboxylic acid groups (broad SMARTS) is 1. The summed E-state index contributed by atoms with van der Waals surface area (Å²) in [5, 5.41) is 7.92. The molecular weight excluding hydrogens is 208 g/mol. The van der Waals surface area contributed by atoms with Gasteiger partial charge in [0.1, 0.15) is 5.75 Å². The average Bonchev–Trinajstić information content (AvgIpc) is 2.16. The molecule has 0 aliphatic heterocycles. The van der Waals surface area contributed by atoms with Crippen LogP contribution in [0.15, 0.2) is 12.1 Å². The molecule has 0 aliphatic rings. The van der Waals surface area contributed by atoms with Gasteiger partial charge in [-0.3, -0.25) is 0 Å². The number of H-pyrrole nitrogens is 1. The molecule has 0 spiro atoms. The van der Waals surface area contributed by atoms with Gasteiger partial charge in [-0.05, 0) is 0 Å². The number of methoxy groups -OCH3 is 1. The molecule has 0 fully saturated rings. The third-order valence-electron chi connectivity index (χ3n) is 1.73. The minimum Gasteiger partial charge on any atom is -0.496 e. The molecule has 0 atom stereocenters. The van der Waals surface area contributed by atoms with Crippen LogP contribution in [-0.2, 0) is 0 Å². The van der Waals surface area contributed by atoms with Crippen LogP contribution in [0.1, 0.15) is 11.4 Å². The third kappa shape index (κ3) is 5.85. The van der Waals surface area contributed by atoms with Gasteiger partial charge in [0.25, 0.3) is 0 Å². The second-order valence-electron chi connectivity index (χ2n) is 3.56. The van der Waals surface area contributed by atoms with Gasteiger partial charge in [0.15, 0.2) is 11.4 Å². The molecule has 1 rings (SSSR count). The number of amides is 1. The van der Waals surface area contributed by atoms with Crippen molar-refractivity contribution in [3.8, 4) is 5.75 Å². The first-order valence-corrected chi connectivity index (χ1v) is 4.81. The summed E-state index contributed by atoms with van der Waals surface area (Å²) in [4.78, 5) is 13.9. The highest BCUT2D eigenvalue weighted by molar-refractivity contribution is 5.63. The van der Waals surface area contributed by atoms with E-state index in [1.165, 1.54) is 14.1 Å². The molecule has 0 radical (unpaired) electrons. The molecular formula is C11H19N2O3+. The van der Waals surface area contributed by atoms with Crippen LogP contribution in [0.4, 0.5) is 4.79 Å². The van der Waals surface area contributed by atoms with Gasteiger partial charge in [0.2, 0.25) is 0 Å². The summed E-state index contributed by atoms with van der Waals surface area (Å²) in [6.45, 7) is 4.02. The largest absolute Gasteiger partial charge is 0.496 e. The number of aromatic nitrogens is 1. The monoisotopic (exact) mass is 227 g/mol. The Kier molecular flexibility index (Phi) is 5.92. The second-order valence-corrected chi connectivity index (χ2v) is 3.56. The van der Waals surface area contributed by atoms with Crippen LogP contribution in [0.5, 0.6) is 5.75 Å². The van der Waals surface area contributed by atoms with Crippen LogP contribution in [0.25, 0.3) is 0 Å². The maximum atomic E-state index is 9.62. The SMILES string of the molecule is CN(C)C(=O)O.COc1cc(C)[nH+]c(C)c1. The zero-order valence-electron chi connectivity index (χ0n) is 10.4. The summed E-state index contributed by atoms with van der Waals surface area (Å²) in [5.41, 5.74) is 2.24. The average molecular weight is 227 g/mol. The Morgan fingerprint density at radius 3 is 1.94 bits per heavy atom. The van der Waals surface area contributed by atoms with E-state index in [0.717, 1.165) is 22.0 Å². The maximum absolute atomic E-state index is 9.62.